The second kappa shape index (κ2) is 10.9. The number of nitrogens with two attached hydrogens (primary N) is 1. The number of hydrogen-bond acceptors (Lipinski definition) is 15. The van der Waals surface area contributed by atoms with Gasteiger partial charge in [-0.05, 0) is 11.8 Å². The fourth-order valence-corrected chi connectivity index (χ4v) is 8.23. The van der Waals surface area contributed by atoms with Crippen molar-refractivity contribution in [1.82, 2.24) is 33.5 Å². The fourth-order valence-electron chi connectivity index (χ4n) is 5.30. The van der Waals surface area contributed by atoms with Gasteiger partial charge in [-0.2, -0.15) is 5.10 Å². The van der Waals surface area contributed by atoms with Crippen LogP contribution < -0.4 is 11.3 Å². The zero-order valence-corrected chi connectivity index (χ0v) is 25.2. The van der Waals surface area contributed by atoms with Gasteiger partial charge in [0, 0.05) is 31.1 Å². The van der Waals surface area contributed by atoms with Gasteiger partial charge >= 0.3 is 13.5 Å². The molecule has 18 nitrogen and oxygen atoms in total. The van der Waals surface area contributed by atoms with Crippen molar-refractivity contribution in [2.45, 2.75) is 49.3 Å². The largest absolute Gasteiger partial charge is 0.387 e. The first-order valence-electron chi connectivity index (χ1n) is 12.8. The third-order valence-corrected chi connectivity index (χ3v) is 10.5. The van der Waals surface area contributed by atoms with Gasteiger partial charge in [0.15, 0.2) is 17.7 Å². The number of nitrogens with zero attached hydrogens (tertiary/aromatic N) is 7. The summed E-state index contributed by atoms with van der Waals surface area (Å²) >= 11 is 9.43. The fraction of sp³-hybridized carbons (Fsp3) is 0.476. The minimum atomic E-state index is -4.21. The van der Waals surface area contributed by atoms with Gasteiger partial charge in [0.2, 0.25) is 5.78 Å². The van der Waals surface area contributed by atoms with Crippen molar-refractivity contribution < 1.29 is 42.1 Å². The molecule has 9 atom stereocenters. The Kier molecular flexibility index (Phi) is 7.48. The molecule has 0 aromatic carbocycles. The number of thiol groups is 1. The van der Waals surface area contributed by atoms with Gasteiger partial charge < -0.3 is 34.3 Å². The highest BCUT2D eigenvalue weighted by molar-refractivity contribution is 8.44. The Morgan fingerprint density at radius 2 is 1.91 bits per heavy atom. The molecular weight excluding hydrogens is 650 g/mol. The monoisotopic (exact) mass is 674 g/mol. The highest BCUT2D eigenvalue weighted by Gasteiger charge is 2.51. The summed E-state index contributed by atoms with van der Waals surface area (Å²) in [5.74, 6) is 0.334. The van der Waals surface area contributed by atoms with Crippen LogP contribution in [0.15, 0.2) is 42.0 Å². The lowest BCUT2D eigenvalue weighted by Crippen LogP contribution is -2.35. The summed E-state index contributed by atoms with van der Waals surface area (Å²) < 4.78 is 52.6. The molecule has 22 heteroatoms. The summed E-state index contributed by atoms with van der Waals surface area (Å²) in [5, 5.41) is 15.3. The SMILES string of the molecule is Nc1ncnn2c([C@H]3C[C@@H]4OP(O)(=S)OC[C@H]5O[C@@H](n6ccc(=O)n7ccnc67)[C@H](OP(=O)(S)OC[C@H]4O3)[C@@H]5O)cnc12. The normalized spacial score (nSPS) is 37.1. The van der Waals surface area contributed by atoms with Crippen LogP contribution in [0.5, 0.6) is 0 Å². The maximum atomic E-state index is 13.5. The molecule has 2 unspecified atom stereocenters. The van der Waals surface area contributed by atoms with Crippen LogP contribution in [-0.4, -0.2) is 87.3 Å². The van der Waals surface area contributed by atoms with Crippen molar-refractivity contribution in [1.29, 1.82) is 0 Å². The second-order valence-corrected chi connectivity index (χ2v) is 15.6. The van der Waals surface area contributed by atoms with E-state index < -0.39 is 63.0 Å². The molecule has 3 fully saturated rings. The van der Waals surface area contributed by atoms with Gasteiger partial charge in [-0.15, -0.1) is 0 Å². The van der Waals surface area contributed by atoms with Crippen LogP contribution in [0.2, 0.25) is 0 Å². The molecule has 43 heavy (non-hydrogen) atoms. The predicted molar refractivity (Wildman–Crippen MR) is 152 cm³/mol. The average molecular weight is 675 g/mol. The number of ether oxygens (including phenoxy) is 2. The second-order valence-electron chi connectivity index (χ2n) is 9.92. The zero-order valence-electron chi connectivity index (χ0n) is 21.7. The van der Waals surface area contributed by atoms with E-state index in [2.05, 4.69) is 32.3 Å². The molecule has 0 spiro atoms. The molecule has 4 N–H and O–H groups in total. The van der Waals surface area contributed by atoms with E-state index >= 15 is 0 Å². The highest BCUT2D eigenvalue weighted by atomic mass is 32.7. The van der Waals surface area contributed by atoms with E-state index in [-0.39, 0.29) is 30.2 Å². The van der Waals surface area contributed by atoms with Crippen molar-refractivity contribution in [3.8, 4) is 0 Å². The van der Waals surface area contributed by atoms with E-state index in [4.69, 9.17) is 45.1 Å². The van der Waals surface area contributed by atoms with Crippen molar-refractivity contribution in [2.24, 2.45) is 0 Å². The summed E-state index contributed by atoms with van der Waals surface area (Å²) in [6, 6.07) is 1.26. The molecule has 0 saturated carbocycles. The molecule has 7 heterocycles. The van der Waals surface area contributed by atoms with Crippen LogP contribution in [0.4, 0.5) is 5.82 Å². The van der Waals surface area contributed by atoms with E-state index in [1.54, 1.807) is 0 Å². The maximum absolute atomic E-state index is 13.5. The summed E-state index contributed by atoms with van der Waals surface area (Å²) in [5.41, 5.74) is 6.39. The summed E-state index contributed by atoms with van der Waals surface area (Å²) in [6.07, 6.45) is -0.364. The lowest BCUT2D eigenvalue weighted by atomic mass is 10.1. The number of aliphatic hydroxyl groups excluding tert-OH is 1. The number of hydrogen-bond donors (Lipinski definition) is 4. The Morgan fingerprint density at radius 3 is 2.74 bits per heavy atom. The molecule has 0 amide bonds. The van der Waals surface area contributed by atoms with Gasteiger partial charge in [-0.1, -0.05) is 12.2 Å². The third kappa shape index (κ3) is 5.45. The molecule has 3 aliphatic heterocycles. The topological polar surface area (TPSA) is 221 Å². The first-order chi connectivity index (χ1) is 20.5. The molecule has 0 radical (unpaired) electrons. The Labute approximate surface area is 251 Å². The van der Waals surface area contributed by atoms with Crippen molar-refractivity contribution in [3.05, 3.63) is 53.2 Å². The van der Waals surface area contributed by atoms with Crippen LogP contribution in [0.1, 0.15) is 24.4 Å². The average Bonchev–Trinajstić information content (AvgIpc) is 3.74. The van der Waals surface area contributed by atoms with E-state index in [9.17, 15) is 19.4 Å². The van der Waals surface area contributed by atoms with Gasteiger partial charge in [-0.3, -0.25) is 22.8 Å². The van der Waals surface area contributed by atoms with E-state index in [0.717, 1.165) is 0 Å². The van der Waals surface area contributed by atoms with E-state index in [1.807, 2.05) is 0 Å². The third-order valence-electron chi connectivity index (χ3n) is 7.27. The van der Waals surface area contributed by atoms with E-state index in [1.165, 1.54) is 50.7 Å². The predicted octanol–water partition coefficient (Wildman–Crippen LogP) is 0.376. The number of anilines is 1. The Hall–Kier alpha value is -2.32. The Morgan fingerprint density at radius 1 is 1.09 bits per heavy atom. The quantitative estimate of drug-likeness (QED) is 0.167. The van der Waals surface area contributed by atoms with Gasteiger partial charge in [0.1, 0.15) is 36.8 Å². The molecule has 3 aliphatic rings. The number of fused-ring (bicyclic) bond motifs is 5. The number of rotatable bonds is 2. The lowest BCUT2D eigenvalue weighted by Gasteiger charge is -2.27. The standard InChI is InChI=1S/C21H24N8O10P2S2/c22-18-19-24-6-10(29(19)26-9-25-18)11-5-12-13(36-11)7-34-41(33,43)39-17-16(31)14(8-35-40(32,42)38-12)37-20(17)28-3-1-15(30)27-4-2-23-21(27)28/h1-4,6,9,11-14,16-17,20,31H,5,7-8H2,(H,32,42)(H,33,43)(H2,22,25,26)/t11-,12+,13-,14-,16-,17-,20-,40?,41?/m1/s1. The first-order valence-corrected chi connectivity index (χ1v) is 18.1. The molecular formula is C21H24N8O10P2S2. The summed E-state index contributed by atoms with van der Waals surface area (Å²) in [4.78, 5) is 35.6. The maximum Gasteiger partial charge on any atom is 0.386 e. The van der Waals surface area contributed by atoms with Gasteiger partial charge in [0.05, 0.1) is 31.2 Å². The molecule has 2 bridgehead atoms. The molecule has 3 saturated heterocycles. The van der Waals surface area contributed by atoms with Gasteiger partial charge in [0.25, 0.3) is 5.56 Å². The van der Waals surface area contributed by atoms with Crippen molar-refractivity contribution >= 4 is 54.8 Å². The zero-order chi connectivity index (χ0) is 30.1. The van der Waals surface area contributed by atoms with Crippen LogP contribution >= 0.6 is 25.8 Å². The minimum Gasteiger partial charge on any atom is -0.387 e. The van der Waals surface area contributed by atoms with Crippen LogP contribution in [0, 0.1) is 0 Å². The minimum absolute atomic E-state index is 0.158. The van der Waals surface area contributed by atoms with Crippen LogP contribution in [-0.2, 0) is 43.9 Å². The van der Waals surface area contributed by atoms with Crippen molar-refractivity contribution in [2.75, 3.05) is 18.9 Å². The molecule has 230 valence electrons. The highest BCUT2D eigenvalue weighted by Crippen LogP contribution is 2.58. The molecule has 4 aromatic heterocycles. The molecule has 7 rings (SSSR count). The molecule has 4 aromatic rings. The van der Waals surface area contributed by atoms with Crippen LogP contribution in [0.25, 0.3) is 11.4 Å². The molecule has 0 aliphatic carbocycles. The first kappa shape index (κ1) is 29.4. The number of nitrogen functional groups attached to an aromatic ring is 1. The Bertz CT molecular complexity index is 1850. The summed E-state index contributed by atoms with van der Waals surface area (Å²) in [6.45, 7) is -8.96. The van der Waals surface area contributed by atoms with Crippen molar-refractivity contribution in [3.63, 3.8) is 0 Å². The smallest absolute Gasteiger partial charge is 0.386 e. The number of aromatic nitrogens is 7. The summed E-state index contributed by atoms with van der Waals surface area (Å²) in [7, 11) is 0. The number of aliphatic hydroxyl groups is 1. The Balaban J connectivity index is 1.19. The van der Waals surface area contributed by atoms with E-state index in [0.29, 0.717) is 11.3 Å². The van der Waals surface area contributed by atoms with Crippen LogP contribution in [0.3, 0.4) is 0 Å². The lowest BCUT2D eigenvalue weighted by molar-refractivity contribution is -0.0552. The number of imidazole rings is 2. The van der Waals surface area contributed by atoms with Gasteiger partial charge in [-0.25, -0.2) is 24.0 Å².